The molecule has 0 fully saturated rings. The molecule has 1 aliphatic rings. The highest BCUT2D eigenvalue weighted by atomic mass is 32.1. The van der Waals surface area contributed by atoms with Crippen molar-refractivity contribution in [3.8, 4) is 5.88 Å². The second-order valence-electron chi connectivity index (χ2n) is 4.74. The van der Waals surface area contributed by atoms with Gasteiger partial charge < -0.3 is 10.1 Å². The van der Waals surface area contributed by atoms with E-state index in [-0.39, 0.29) is 0 Å². The molecule has 0 radical (unpaired) electrons. The van der Waals surface area contributed by atoms with Crippen molar-refractivity contribution >= 4 is 17.3 Å². The number of rotatable bonds is 4. The van der Waals surface area contributed by atoms with Crippen molar-refractivity contribution < 1.29 is 4.74 Å². The minimum Gasteiger partial charge on any atom is -0.481 e. The Hall–Kier alpha value is -1.62. The van der Waals surface area contributed by atoms with Gasteiger partial charge in [-0.05, 0) is 37.8 Å². The Morgan fingerprint density at radius 1 is 1.32 bits per heavy atom. The average molecular weight is 275 g/mol. The quantitative estimate of drug-likeness (QED) is 0.932. The molecule has 19 heavy (non-hydrogen) atoms. The number of aryl methyl sites for hydroxylation is 3. The summed E-state index contributed by atoms with van der Waals surface area (Å²) in [7, 11) is 1.62. The fraction of sp³-hybridized carbons (Fsp3) is 0.429. The van der Waals surface area contributed by atoms with Gasteiger partial charge in [0.2, 0.25) is 11.8 Å². The van der Waals surface area contributed by atoms with Crippen molar-refractivity contribution in [2.24, 2.45) is 0 Å². The van der Waals surface area contributed by atoms with Gasteiger partial charge in [0, 0.05) is 21.5 Å². The molecular weight excluding hydrogens is 258 g/mol. The van der Waals surface area contributed by atoms with Crippen LogP contribution in [-0.4, -0.2) is 17.1 Å². The van der Waals surface area contributed by atoms with Crippen molar-refractivity contribution in [2.45, 2.75) is 32.7 Å². The Morgan fingerprint density at radius 2 is 2.21 bits per heavy atom. The molecule has 0 aliphatic heterocycles. The Kier molecular flexibility index (Phi) is 3.38. The van der Waals surface area contributed by atoms with E-state index in [0.717, 1.165) is 12.2 Å². The smallest absolute Gasteiger partial charge is 0.226 e. The van der Waals surface area contributed by atoms with Crippen molar-refractivity contribution in [3.05, 3.63) is 33.1 Å². The number of ether oxygens (including phenoxy) is 1. The monoisotopic (exact) mass is 275 g/mol. The first-order valence-electron chi connectivity index (χ1n) is 6.48. The van der Waals surface area contributed by atoms with Gasteiger partial charge in [-0.2, -0.15) is 4.98 Å². The van der Waals surface area contributed by atoms with Gasteiger partial charge in [0.1, 0.15) is 0 Å². The van der Waals surface area contributed by atoms with Crippen LogP contribution in [0.5, 0.6) is 5.88 Å². The molecule has 0 unspecified atom stereocenters. The van der Waals surface area contributed by atoms with E-state index >= 15 is 0 Å². The van der Waals surface area contributed by atoms with Crippen molar-refractivity contribution in [2.75, 3.05) is 12.4 Å². The number of hydrogen-bond acceptors (Lipinski definition) is 5. The molecule has 4 nitrogen and oxygen atoms in total. The van der Waals surface area contributed by atoms with Crippen LogP contribution in [0, 0.1) is 6.92 Å². The third-order valence-electron chi connectivity index (χ3n) is 3.26. The van der Waals surface area contributed by atoms with Crippen LogP contribution in [0.2, 0.25) is 0 Å². The second kappa shape index (κ2) is 5.17. The molecule has 0 spiro atoms. The Bertz CT molecular complexity index is 573. The zero-order chi connectivity index (χ0) is 13.2. The third-order valence-corrected chi connectivity index (χ3v) is 4.50. The van der Waals surface area contributed by atoms with Crippen LogP contribution in [0.15, 0.2) is 12.1 Å². The van der Waals surface area contributed by atoms with Gasteiger partial charge in [0.25, 0.3) is 0 Å². The van der Waals surface area contributed by atoms with Crippen LogP contribution < -0.4 is 10.1 Å². The van der Waals surface area contributed by atoms with E-state index in [1.54, 1.807) is 12.0 Å². The normalized spacial score (nSPS) is 13.4. The fourth-order valence-corrected chi connectivity index (χ4v) is 3.57. The summed E-state index contributed by atoms with van der Waals surface area (Å²) in [5, 5.41) is 3.27. The number of aromatic nitrogens is 2. The Morgan fingerprint density at radius 3 is 3.00 bits per heavy atom. The summed E-state index contributed by atoms with van der Waals surface area (Å²) >= 11 is 1.91. The summed E-state index contributed by atoms with van der Waals surface area (Å²) in [5.74, 6) is 1.23. The lowest BCUT2D eigenvalue weighted by Gasteiger charge is -2.06. The van der Waals surface area contributed by atoms with E-state index in [1.165, 1.54) is 29.7 Å². The van der Waals surface area contributed by atoms with Crippen LogP contribution in [0.3, 0.4) is 0 Å². The standard InChI is InChI=1S/C14H17N3OS/c1-9-6-13(18-2)17-14(16-9)15-8-11-7-10-4-3-5-12(10)19-11/h6-7H,3-5,8H2,1-2H3,(H,15,16,17). The molecule has 1 N–H and O–H groups in total. The molecule has 0 saturated heterocycles. The van der Waals surface area contributed by atoms with Crippen molar-refractivity contribution in [3.63, 3.8) is 0 Å². The van der Waals surface area contributed by atoms with Crippen LogP contribution in [0.1, 0.15) is 27.4 Å². The minimum absolute atomic E-state index is 0.601. The molecule has 2 aromatic rings. The molecule has 2 heterocycles. The summed E-state index contributed by atoms with van der Waals surface area (Å²) in [6.45, 7) is 2.72. The second-order valence-corrected chi connectivity index (χ2v) is 5.96. The molecular formula is C14H17N3OS. The summed E-state index contributed by atoms with van der Waals surface area (Å²) in [4.78, 5) is 11.6. The number of methoxy groups -OCH3 is 1. The van der Waals surface area contributed by atoms with E-state index in [1.807, 2.05) is 24.3 Å². The van der Waals surface area contributed by atoms with E-state index < -0.39 is 0 Å². The van der Waals surface area contributed by atoms with Crippen LogP contribution in [0.25, 0.3) is 0 Å². The molecule has 1 aliphatic carbocycles. The molecule has 0 aromatic carbocycles. The number of hydrogen-bond donors (Lipinski definition) is 1. The highest BCUT2D eigenvalue weighted by molar-refractivity contribution is 7.12. The Balaban J connectivity index is 1.69. The first kappa shape index (κ1) is 12.4. The summed E-state index contributed by atoms with van der Waals surface area (Å²) < 4.78 is 5.15. The minimum atomic E-state index is 0.601. The van der Waals surface area contributed by atoms with Gasteiger partial charge in [-0.25, -0.2) is 4.98 Å². The van der Waals surface area contributed by atoms with E-state index in [9.17, 15) is 0 Å². The van der Waals surface area contributed by atoms with Crippen LogP contribution >= 0.6 is 11.3 Å². The van der Waals surface area contributed by atoms with Crippen molar-refractivity contribution in [1.29, 1.82) is 0 Å². The van der Waals surface area contributed by atoms with Gasteiger partial charge in [0.05, 0.1) is 13.7 Å². The molecule has 3 rings (SSSR count). The number of thiophene rings is 1. The highest BCUT2D eigenvalue weighted by Crippen LogP contribution is 2.30. The summed E-state index contributed by atoms with van der Waals surface area (Å²) in [6.07, 6.45) is 3.79. The number of nitrogens with one attached hydrogen (secondary N) is 1. The van der Waals surface area contributed by atoms with E-state index in [2.05, 4.69) is 21.4 Å². The van der Waals surface area contributed by atoms with Crippen molar-refractivity contribution in [1.82, 2.24) is 9.97 Å². The fourth-order valence-electron chi connectivity index (χ4n) is 2.37. The molecule has 0 bridgehead atoms. The summed E-state index contributed by atoms with van der Waals surface area (Å²) in [6, 6.07) is 4.14. The first-order chi connectivity index (χ1) is 9.24. The zero-order valence-electron chi connectivity index (χ0n) is 11.2. The third kappa shape index (κ3) is 2.71. The maximum Gasteiger partial charge on any atom is 0.226 e. The topological polar surface area (TPSA) is 47.0 Å². The molecule has 0 amide bonds. The maximum absolute atomic E-state index is 5.15. The molecule has 5 heteroatoms. The van der Waals surface area contributed by atoms with Gasteiger partial charge in [-0.3, -0.25) is 0 Å². The molecule has 0 atom stereocenters. The predicted molar refractivity (Wildman–Crippen MR) is 77.0 cm³/mol. The molecule has 2 aromatic heterocycles. The van der Waals surface area contributed by atoms with E-state index in [4.69, 9.17) is 4.74 Å². The van der Waals surface area contributed by atoms with Crippen LogP contribution in [-0.2, 0) is 19.4 Å². The zero-order valence-corrected chi connectivity index (χ0v) is 12.0. The largest absolute Gasteiger partial charge is 0.481 e. The molecule has 0 saturated carbocycles. The van der Waals surface area contributed by atoms with Gasteiger partial charge in [-0.1, -0.05) is 0 Å². The number of anilines is 1. The lowest BCUT2D eigenvalue weighted by molar-refractivity contribution is 0.397. The maximum atomic E-state index is 5.15. The molecule has 100 valence electrons. The van der Waals surface area contributed by atoms with Gasteiger partial charge in [0.15, 0.2) is 0 Å². The number of fused-ring (bicyclic) bond motifs is 1. The summed E-state index contributed by atoms with van der Waals surface area (Å²) in [5.41, 5.74) is 2.44. The van der Waals surface area contributed by atoms with Crippen LogP contribution in [0.4, 0.5) is 5.95 Å². The first-order valence-corrected chi connectivity index (χ1v) is 7.30. The van der Waals surface area contributed by atoms with Gasteiger partial charge in [-0.15, -0.1) is 11.3 Å². The number of nitrogens with zero attached hydrogens (tertiary/aromatic N) is 2. The SMILES string of the molecule is COc1cc(C)nc(NCc2cc3c(s2)CCC3)n1. The predicted octanol–water partition coefficient (Wildman–Crippen LogP) is 2.96. The Labute approximate surface area is 116 Å². The van der Waals surface area contributed by atoms with Gasteiger partial charge >= 0.3 is 0 Å². The highest BCUT2D eigenvalue weighted by Gasteiger charge is 2.14. The average Bonchev–Trinajstić information content (AvgIpc) is 2.96. The van der Waals surface area contributed by atoms with E-state index in [0.29, 0.717) is 11.8 Å². The lowest BCUT2D eigenvalue weighted by Crippen LogP contribution is -2.04. The lowest BCUT2D eigenvalue weighted by atomic mass is 10.2.